The lowest BCUT2D eigenvalue weighted by molar-refractivity contribution is -0.132. The van der Waals surface area contributed by atoms with Crippen LogP contribution in [-0.4, -0.2) is 54.6 Å². The Balaban J connectivity index is 1.59. The van der Waals surface area contributed by atoms with E-state index in [1.807, 2.05) is 11.8 Å². The van der Waals surface area contributed by atoms with Gasteiger partial charge in [0.15, 0.2) is 0 Å². The molecule has 28 heavy (non-hydrogen) atoms. The predicted octanol–water partition coefficient (Wildman–Crippen LogP) is 2.61. The number of amides is 3. The van der Waals surface area contributed by atoms with Crippen molar-refractivity contribution in [1.29, 1.82) is 0 Å². The van der Waals surface area contributed by atoms with Gasteiger partial charge in [-0.25, -0.2) is 4.79 Å². The zero-order valence-corrected chi connectivity index (χ0v) is 17.7. The van der Waals surface area contributed by atoms with E-state index in [9.17, 15) is 14.4 Å². The Bertz CT molecular complexity index is 597. The van der Waals surface area contributed by atoms with Gasteiger partial charge >= 0.3 is 6.09 Å². The summed E-state index contributed by atoms with van der Waals surface area (Å²) >= 11 is 0. The second-order valence-corrected chi connectivity index (χ2v) is 8.91. The fraction of sp³-hybridized carbons (Fsp3) is 0.762. The zero-order chi connectivity index (χ0) is 20.7. The number of nitrogens with zero attached hydrogens (tertiary/aromatic N) is 1. The largest absolute Gasteiger partial charge is 0.444 e. The van der Waals surface area contributed by atoms with Crippen LogP contribution in [0.15, 0.2) is 11.6 Å². The van der Waals surface area contributed by atoms with E-state index in [4.69, 9.17) is 4.74 Å². The molecule has 1 heterocycles. The highest BCUT2D eigenvalue weighted by Crippen LogP contribution is 2.35. The highest BCUT2D eigenvalue weighted by molar-refractivity contribution is 5.88. The predicted molar refractivity (Wildman–Crippen MR) is 108 cm³/mol. The molecule has 1 aliphatic carbocycles. The molecule has 158 valence electrons. The third kappa shape index (κ3) is 8.31. The number of carbonyl (C=O) groups is 3. The summed E-state index contributed by atoms with van der Waals surface area (Å²) in [5, 5.41) is 5.61. The average Bonchev–Trinajstić information content (AvgIpc) is 3.44. The molecule has 0 atom stereocenters. The van der Waals surface area contributed by atoms with Crippen LogP contribution in [0, 0.1) is 11.8 Å². The summed E-state index contributed by atoms with van der Waals surface area (Å²) in [7, 11) is 0. The summed E-state index contributed by atoms with van der Waals surface area (Å²) < 4.78 is 5.15. The molecule has 3 amide bonds. The average molecular weight is 394 g/mol. The van der Waals surface area contributed by atoms with Crippen LogP contribution in [0.3, 0.4) is 0 Å². The molecule has 2 fully saturated rings. The minimum Gasteiger partial charge on any atom is -0.444 e. The number of alkyl carbamates (subject to hydrolysis) is 1. The summed E-state index contributed by atoms with van der Waals surface area (Å²) in [5.41, 5.74) is 0.635. The molecule has 0 radical (unpaired) electrons. The van der Waals surface area contributed by atoms with E-state index in [-0.39, 0.29) is 24.8 Å². The van der Waals surface area contributed by atoms with Gasteiger partial charge in [0.1, 0.15) is 5.60 Å². The Morgan fingerprint density at radius 2 is 1.71 bits per heavy atom. The van der Waals surface area contributed by atoms with Crippen LogP contribution in [0.5, 0.6) is 0 Å². The van der Waals surface area contributed by atoms with Gasteiger partial charge in [-0.05, 0) is 65.2 Å². The lowest BCUT2D eigenvalue weighted by Crippen LogP contribution is -2.42. The fourth-order valence-corrected chi connectivity index (χ4v) is 3.29. The first kappa shape index (κ1) is 22.2. The Labute approximate surface area is 168 Å². The van der Waals surface area contributed by atoms with Crippen molar-refractivity contribution in [1.82, 2.24) is 15.5 Å². The smallest absolute Gasteiger partial charge is 0.407 e. The number of piperidine rings is 1. The summed E-state index contributed by atoms with van der Waals surface area (Å²) in [5.74, 6) is 1.06. The maximum Gasteiger partial charge on any atom is 0.407 e. The van der Waals surface area contributed by atoms with E-state index >= 15 is 0 Å². The molecule has 1 saturated carbocycles. The van der Waals surface area contributed by atoms with Crippen molar-refractivity contribution in [2.45, 2.75) is 65.4 Å². The number of allylic oxidation sites excluding steroid dienone is 1. The maximum atomic E-state index is 12.3. The number of ether oxygens (including phenoxy) is 1. The van der Waals surface area contributed by atoms with Gasteiger partial charge in [-0.1, -0.05) is 5.57 Å². The van der Waals surface area contributed by atoms with Crippen molar-refractivity contribution in [3.8, 4) is 0 Å². The number of hydrogen-bond acceptors (Lipinski definition) is 4. The second-order valence-electron chi connectivity index (χ2n) is 8.91. The first-order valence-corrected chi connectivity index (χ1v) is 10.3. The van der Waals surface area contributed by atoms with Crippen molar-refractivity contribution < 1.29 is 19.1 Å². The molecule has 7 nitrogen and oxygen atoms in total. The molecular formula is C21H35N3O4. The lowest BCUT2D eigenvalue weighted by atomic mass is 9.96. The monoisotopic (exact) mass is 393 g/mol. The van der Waals surface area contributed by atoms with Crippen LogP contribution >= 0.6 is 0 Å². The number of likely N-dealkylation sites (tertiary alicyclic amines) is 1. The Morgan fingerprint density at radius 3 is 2.29 bits per heavy atom. The van der Waals surface area contributed by atoms with Gasteiger partial charge < -0.3 is 20.3 Å². The third-order valence-electron chi connectivity index (χ3n) is 5.12. The van der Waals surface area contributed by atoms with Gasteiger partial charge in [0, 0.05) is 38.7 Å². The van der Waals surface area contributed by atoms with Crippen molar-refractivity contribution >= 4 is 17.9 Å². The van der Waals surface area contributed by atoms with Crippen molar-refractivity contribution in [2.75, 3.05) is 26.2 Å². The molecule has 0 aromatic rings. The minimum atomic E-state index is -0.544. The maximum absolute atomic E-state index is 12.3. The topological polar surface area (TPSA) is 87.7 Å². The number of hydrogen-bond donors (Lipinski definition) is 2. The second kappa shape index (κ2) is 9.94. The highest BCUT2D eigenvalue weighted by Gasteiger charge is 2.25. The van der Waals surface area contributed by atoms with E-state index in [2.05, 4.69) is 10.6 Å². The zero-order valence-electron chi connectivity index (χ0n) is 17.7. The first-order valence-electron chi connectivity index (χ1n) is 10.3. The highest BCUT2D eigenvalue weighted by atomic mass is 16.6. The summed E-state index contributed by atoms with van der Waals surface area (Å²) in [6.07, 6.45) is 5.68. The van der Waals surface area contributed by atoms with Crippen LogP contribution in [-0.2, 0) is 14.3 Å². The molecule has 1 saturated heterocycles. The summed E-state index contributed by atoms with van der Waals surface area (Å²) in [6, 6.07) is 0. The molecular weight excluding hydrogens is 358 g/mol. The summed E-state index contributed by atoms with van der Waals surface area (Å²) in [6.45, 7) is 9.76. The van der Waals surface area contributed by atoms with Crippen LogP contribution in [0.25, 0.3) is 0 Å². The first-order chi connectivity index (χ1) is 13.1. The van der Waals surface area contributed by atoms with E-state index < -0.39 is 11.7 Å². The fourth-order valence-electron chi connectivity index (χ4n) is 3.29. The number of rotatable bonds is 7. The quantitative estimate of drug-likeness (QED) is 0.651. The molecule has 2 rings (SSSR count). The molecule has 0 aromatic heterocycles. The Hall–Kier alpha value is -2.05. The van der Waals surface area contributed by atoms with Gasteiger partial charge in [0.25, 0.3) is 0 Å². The molecule has 2 N–H and O–H groups in total. The van der Waals surface area contributed by atoms with Gasteiger partial charge in [0.2, 0.25) is 11.8 Å². The molecule has 2 aliphatic rings. The SMILES string of the molecule is C/C(=C\C(=O)NCC1CCN(C(=O)CCNC(=O)OC(C)(C)C)CC1)C1CC1. The van der Waals surface area contributed by atoms with E-state index in [0.717, 1.165) is 12.8 Å². The van der Waals surface area contributed by atoms with E-state index in [1.54, 1.807) is 26.8 Å². The van der Waals surface area contributed by atoms with Gasteiger partial charge in [-0.15, -0.1) is 0 Å². The molecule has 0 bridgehead atoms. The van der Waals surface area contributed by atoms with Crippen molar-refractivity contribution in [2.24, 2.45) is 11.8 Å². The normalized spacial score (nSPS) is 18.6. The third-order valence-corrected chi connectivity index (χ3v) is 5.12. The van der Waals surface area contributed by atoms with Gasteiger partial charge in [0.05, 0.1) is 0 Å². The molecule has 0 aromatic carbocycles. The van der Waals surface area contributed by atoms with Crippen LogP contribution in [0.2, 0.25) is 0 Å². The minimum absolute atomic E-state index is 0.00359. The Kier molecular flexibility index (Phi) is 7.89. The lowest BCUT2D eigenvalue weighted by Gasteiger charge is -2.32. The number of carbonyl (C=O) groups excluding carboxylic acids is 3. The molecule has 1 aliphatic heterocycles. The van der Waals surface area contributed by atoms with Gasteiger partial charge in [-0.2, -0.15) is 0 Å². The molecule has 0 unspecified atom stereocenters. The molecule has 0 spiro atoms. The van der Waals surface area contributed by atoms with Crippen LogP contribution in [0.4, 0.5) is 4.79 Å². The van der Waals surface area contributed by atoms with E-state index in [0.29, 0.717) is 31.5 Å². The van der Waals surface area contributed by atoms with Crippen molar-refractivity contribution in [3.05, 3.63) is 11.6 Å². The van der Waals surface area contributed by atoms with Crippen LogP contribution < -0.4 is 10.6 Å². The standard InChI is InChI=1S/C21H35N3O4/c1-15(17-5-6-17)13-18(25)23-14-16-8-11-24(12-9-16)19(26)7-10-22-20(27)28-21(2,3)4/h13,16-17H,5-12,14H2,1-4H3,(H,22,27)(H,23,25)/b15-13+. The van der Waals surface area contributed by atoms with Gasteiger partial charge in [-0.3, -0.25) is 9.59 Å². The Morgan fingerprint density at radius 1 is 1.07 bits per heavy atom. The van der Waals surface area contributed by atoms with Crippen LogP contribution in [0.1, 0.15) is 59.8 Å². The van der Waals surface area contributed by atoms with Crippen molar-refractivity contribution in [3.63, 3.8) is 0 Å². The van der Waals surface area contributed by atoms with E-state index in [1.165, 1.54) is 18.4 Å². The number of nitrogens with one attached hydrogen (secondary N) is 2. The summed E-state index contributed by atoms with van der Waals surface area (Å²) in [4.78, 5) is 37.7. The molecule has 7 heteroatoms.